The highest BCUT2D eigenvalue weighted by atomic mass is 16.7. The fraction of sp³-hybridized carbons (Fsp3) is 1.00. The summed E-state index contributed by atoms with van der Waals surface area (Å²) in [4.78, 5) is 0. The summed E-state index contributed by atoms with van der Waals surface area (Å²) in [5.74, 6) is -0.422. The van der Waals surface area contributed by atoms with Crippen molar-refractivity contribution in [2.75, 3.05) is 0 Å². The molecule has 72 valence electrons. The van der Waals surface area contributed by atoms with Crippen LogP contribution in [0, 0.1) is 5.41 Å². The molecule has 0 amide bonds. The predicted octanol–water partition coefficient (Wildman–Crippen LogP) is 2.57. The average molecular weight is 172 g/mol. The second-order valence-electron chi connectivity index (χ2n) is 4.74. The Labute approximate surface area is 75.2 Å². The van der Waals surface area contributed by atoms with Gasteiger partial charge in [0.1, 0.15) is 0 Å². The Morgan fingerprint density at radius 1 is 0.833 bits per heavy atom. The van der Waals surface area contributed by atoms with E-state index in [4.69, 9.17) is 9.47 Å². The highest BCUT2D eigenvalue weighted by Crippen LogP contribution is 2.39. The van der Waals surface area contributed by atoms with E-state index in [0.29, 0.717) is 0 Å². The topological polar surface area (TPSA) is 18.5 Å². The van der Waals surface area contributed by atoms with Gasteiger partial charge in [0.15, 0.2) is 5.79 Å². The first kappa shape index (κ1) is 10.0. The highest BCUT2D eigenvalue weighted by Gasteiger charge is 2.44. The van der Waals surface area contributed by atoms with Crippen molar-refractivity contribution in [1.82, 2.24) is 0 Å². The lowest BCUT2D eigenvalue weighted by atomic mass is 9.81. The maximum Gasteiger partial charge on any atom is 0.163 e. The molecule has 0 aromatic heterocycles. The van der Waals surface area contributed by atoms with E-state index in [9.17, 15) is 0 Å². The molecule has 0 N–H and O–H groups in total. The summed E-state index contributed by atoms with van der Waals surface area (Å²) in [5, 5.41) is 0. The first-order chi connectivity index (χ1) is 5.26. The molecule has 0 radical (unpaired) electrons. The molecule has 0 aliphatic carbocycles. The van der Waals surface area contributed by atoms with Crippen LogP contribution in [0.15, 0.2) is 0 Å². The molecular formula is C10H20O2. The van der Waals surface area contributed by atoms with Crippen LogP contribution in [0.3, 0.4) is 0 Å². The van der Waals surface area contributed by atoms with E-state index >= 15 is 0 Å². The molecule has 0 aromatic rings. The molecule has 1 aliphatic rings. The van der Waals surface area contributed by atoms with Gasteiger partial charge >= 0.3 is 0 Å². The van der Waals surface area contributed by atoms with Crippen LogP contribution in [0.2, 0.25) is 0 Å². The smallest absolute Gasteiger partial charge is 0.163 e. The Morgan fingerprint density at radius 2 is 1.17 bits per heavy atom. The normalized spacial score (nSPS) is 39.5. The molecule has 1 heterocycles. The maximum atomic E-state index is 5.74. The molecular weight excluding hydrogens is 152 g/mol. The highest BCUT2D eigenvalue weighted by molar-refractivity contribution is 4.87. The molecule has 2 atom stereocenters. The molecule has 12 heavy (non-hydrogen) atoms. The number of hydrogen-bond donors (Lipinski definition) is 0. The van der Waals surface area contributed by atoms with Gasteiger partial charge in [-0.2, -0.15) is 0 Å². The Bertz CT molecular complexity index is 157. The summed E-state index contributed by atoms with van der Waals surface area (Å²) in [6, 6.07) is 0. The summed E-state index contributed by atoms with van der Waals surface area (Å²) in [6.07, 6.45) is 0.493. The summed E-state index contributed by atoms with van der Waals surface area (Å²) in [5.41, 5.74) is 0.107. The van der Waals surface area contributed by atoms with Crippen LogP contribution in [0.4, 0.5) is 0 Å². The van der Waals surface area contributed by atoms with Crippen molar-refractivity contribution in [3.63, 3.8) is 0 Å². The minimum Gasteiger partial charge on any atom is -0.347 e. The summed E-state index contributed by atoms with van der Waals surface area (Å²) >= 11 is 0. The van der Waals surface area contributed by atoms with Gasteiger partial charge in [0.25, 0.3) is 0 Å². The quantitative estimate of drug-likeness (QED) is 0.559. The van der Waals surface area contributed by atoms with Crippen LogP contribution in [0.25, 0.3) is 0 Å². The van der Waals surface area contributed by atoms with Crippen molar-refractivity contribution in [3.05, 3.63) is 0 Å². The molecule has 1 saturated heterocycles. The first-order valence-electron chi connectivity index (χ1n) is 4.61. The second-order valence-corrected chi connectivity index (χ2v) is 4.74. The van der Waals surface area contributed by atoms with Crippen molar-refractivity contribution in [2.45, 2.75) is 59.5 Å². The Morgan fingerprint density at radius 3 is 1.50 bits per heavy atom. The lowest BCUT2D eigenvalue weighted by molar-refractivity contribution is -0.334. The van der Waals surface area contributed by atoms with Crippen molar-refractivity contribution in [2.24, 2.45) is 5.41 Å². The van der Waals surface area contributed by atoms with Gasteiger partial charge in [-0.15, -0.1) is 0 Å². The zero-order valence-corrected chi connectivity index (χ0v) is 8.97. The van der Waals surface area contributed by atoms with Crippen molar-refractivity contribution < 1.29 is 9.47 Å². The van der Waals surface area contributed by atoms with Crippen LogP contribution in [0.1, 0.15) is 41.5 Å². The molecule has 2 unspecified atom stereocenters. The Balaban J connectivity index is 2.78. The van der Waals surface area contributed by atoms with Gasteiger partial charge in [-0.25, -0.2) is 0 Å². The van der Waals surface area contributed by atoms with Gasteiger partial charge in [0.2, 0.25) is 0 Å². The third-order valence-electron chi connectivity index (χ3n) is 3.02. The SMILES string of the molecule is CC1OC(C)(C)OC(C)C1(C)C. The van der Waals surface area contributed by atoms with E-state index in [1.165, 1.54) is 0 Å². The maximum absolute atomic E-state index is 5.74. The molecule has 0 saturated carbocycles. The van der Waals surface area contributed by atoms with Crippen LogP contribution < -0.4 is 0 Å². The molecule has 0 spiro atoms. The second kappa shape index (κ2) is 2.71. The third kappa shape index (κ3) is 1.64. The molecule has 2 heteroatoms. The van der Waals surface area contributed by atoms with Gasteiger partial charge in [-0.3, -0.25) is 0 Å². The number of rotatable bonds is 0. The fourth-order valence-corrected chi connectivity index (χ4v) is 1.51. The van der Waals surface area contributed by atoms with Gasteiger partial charge in [-0.05, 0) is 27.7 Å². The molecule has 0 aromatic carbocycles. The van der Waals surface area contributed by atoms with Crippen LogP contribution in [-0.4, -0.2) is 18.0 Å². The molecule has 0 bridgehead atoms. The molecule has 1 fully saturated rings. The van der Waals surface area contributed by atoms with Crippen molar-refractivity contribution in [1.29, 1.82) is 0 Å². The van der Waals surface area contributed by atoms with E-state index in [-0.39, 0.29) is 17.6 Å². The standard InChI is InChI=1S/C10H20O2/c1-7-9(3,4)8(2)12-10(5,6)11-7/h7-8H,1-6H3. The fourth-order valence-electron chi connectivity index (χ4n) is 1.51. The van der Waals surface area contributed by atoms with E-state index in [1.54, 1.807) is 0 Å². The van der Waals surface area contributed by atoms with Gasteiger partial charge in [-0.1, -0.05) is 13.8 Å². The first-order valence-corrected chi connectivity index (χ1v) is 4.61. The van der Waals surface area contributed by atoms with Crippen LogP contribution >= 0.6 is 0 Å². The third-order valence-corrected chi connectivity index (χ3v) is 3.02. The van der Waals surface area contributed by atoms with Gasteiger partial charge in [0, 0.05) is 5.41 Å². The van der Waals surface area contributed by atoms with Gasteiger partial charge in [0.05, 0.1) is 12.2 Å². The average Bonchev–Trinajstić information content (AvgIpc) is 1.82. The van der Waals surface area contributed by atoms with E-state index < -0.39 is 5.79 Å². The Kier molecular flexibility index (Phi) is 2.26. The molecule has 2 nitrogen and oxygen atoms in total. The summed E-state index contributed by atoms with van der Waals surface area (Å²) < 4.78 is 11.5. The van der Waals surface area contributed by atoms with Crippen molar-refractivity contribution in [3.8, 4) is 0 Å². The number of hydrogen-bond acceptors (Lipinski definition) is 2. The monoisotopic (exact) mass is 172 g/mol. The van der Waals surface area contributed by atoms with Gasteiger partial charge < -0.3 is 9.47 Å². The van der Waals surface area contributed by atoms with E-state index in [1.807, 2.05) is 13.8 Å². The van der Waals surface area contributed by atoms with E-state index in [2.05, 4.69) is 27.7 Å². The Hall–Kier alpha value is -0.0800. The predicted molar refractivity (Wildman–Crippen MR) is 49.0 cm³/mol. The molecule has 1 rings (SSSR count). The summed E-state index contributed by atoms with van der Waals surface area (Å²) in [6.45, 7) is 12.5. The van der Waals surface area contributed by atoms with Crippen LogP contribution in [-0.2, 0) is 9.47 Å². The largest absolute Gasteiger partial charge is 0.347 e. The summed E-state index contributed by atoms with van der Waals surface area (Å²) in [7, 11) is 0. The zero-order chi connectivity index (χ0) is 9.57. The van der Waals surface area contributed by atoms with Crippen molar-refractivity contribution >= 4 is 0 Å². The number of ether oxygens (including phenoxy) is 2. The zero-order valence-electron chi connectivity index (χ0n) is 8.97. The minimum absolute atomic E-state index is 0.107. The lowest BCUT2D eigenvalue weighted by Gasteiger charge is -2.48. The minimum atomic E-state index is -0.422. The molecule has 1 aliphatic heterocycles. The van der Waals surface area contributed by atoms with Crippen LogP contribution in [0.5, 0.6) is 0 Å². The van der Waals surface area contributed by atoms with E-state index in [0.717, 1.165) is 0 Å². The lowest BCUT2D eigenvalue weighted by Crippen LogP contribution is -2.53.